The standard InChI is InChI=1S/C18H18O4/c1-9-5-7-13(15(11(9)3)17(19)20)14-8-6-10(2)12(4)16(14)18(21)22/h5-8H,1-4H3,(H,19,20)(H,21,22). The molecule has 0 amide bonds. The highest BCUT2D eigenvalue weighted by Crippen LogP contribution is 2.33. The van der Waals surface area contributed by atoms with Crippen LogP contribution >= 0.6 is 0 Å². The van der Waals surface area contributed by atoms with Crippen LogP contribution in [0.3, 0.4) is 0 Å². The van der Waals surface area contributed by atoms with Gasteiger partial charge >= 0.3 is 11.9 Å². The second-order valence-electron chi connectivity index (χ2n) is 5.47. The molecule has 4 nitrogen and oxygen atoms in total. The average molecular weight is 298 g/mol. The van der Waals surface area contributed by atoms with Gasteiger partial charge in [-0.05, 0) is 61.1 Å². The van der Waals surface area contributed by atoms with Crippen LogP contribution in [0.5, 0.6) is 0 Å². The van der Waals surface area contributed by atoms with E-state index in [2.05, 4.69) is 0 Å². The van der Waals surface area contributed by atoms with Crippen LogP contribution in [0.15, 0.2) is 24.3 Å². The number of carboxylic acids is 2. The van der Waals surface area contributed by atoms with Crippen LogP contribution < -0.4 is 0 Å². The molecule has 2 rings (SSSR count). The Morgan fingerprint density at radius 2 is 1.00 bits per heavy atom. The minimum absolute atomic E-state index is 0.158. The maximum atomic E-state index is 11.7. The predicted octanol–water partition coefficient (Wildman–Crippen LogP) is 3.98. The number of hydrogen-bond acceptors (Lipinski definition) is 2. The lowest BCUT2D eigenvalue weighted by Gasteiger charge is -2.16. The summed E-state index contributed by atoms with van der Waals surface area (Å²) in [4.78, 5) is 23.3. The minimum Gasteiger partial charge on any atom is -0.478 e. The van der Waals surface area contributed by atoms with Gasteiger partial charge in [0.15, 0.2) is 0 Å². The van der Waals surface area contributed by atoms with Crippen molar-refractivity contribution in [3.8, 4) is 11.1 Å². The van der Waals surface area contributed by atoms with Crippen molar-refractivity contribution in [1.29, 1.82) is 0 Å². The predicted molar refractivity (Wildman–Crippen MR) is 84.7 cm³/mol. The fraction of sp³-hybridized carbons (Fsp3) is 0.222. The molecule has 0 aliphatic rings. The number of rotatable bonds is 3. The number of carbonyl (C=O) groups is 2. The van der Waals surface area contributed by atoms with Gasteiger partial charge in [-0.15, -0.1) is 0 Å². The van der Waals surface area contributed by atoms with Crippen LogP contribution in [-0.2, 0) is 0 Å². The van der Waals surface area contributed by atoms with Gasteiger partial charge in [-0.3, -0.25) is 0 Å². The molecule has 0 atom stereocenters. The lowest BCUT2D eigenvalue weighted by atomic mass is 9.88. The fourth-order valence-corrected chi connectivity index (χ4v) is 2.63. The molecule has 0 spiro atoms. The van der Waals surface area contributed by atoms with E-state index in [0.29, 0.717) is 22.3 Å². The Kier molecular flexibility index (Phi) is 4.04. The van der Waals surface area contributed by atoms with E-state index < -0.39 is 11.9 Å². The summed E-state index contributed by atoms with van der Waals surface area (Å²) in [5, 5.41) is 19.1. The fourth-order valence-electron chi connectivity index (χ4n) is 2.63. The molecule has 0 aromatic heterocycles. The number of aromatic carboxylic acids is 2. The van der Waals surface area contributed by atoms with Gasteiger partial charge in [-0.25, -0.2) is 9.59 Å². The van der Waals surface area contributed by atoms with Crippen molar-refractivity contribution in [1.82, 2.24) is 0 Å². The molecule has 0 saturated heterocycles. The van der Waals surface area contributed by atoms with Crippen LogP contribution in [-0.4, -0.2) is 22.2 Å². The van der Waals surface area contributed by atoms with Crippen LogP contribution in [0.4, 0.5) is 0 Å². The highest BCUT2D eigenvalue weighted by Gasteiger charge is 2.22. The van der Waals surface area contributed by atoms with Crippen molar-refractivity contribution < 1.29 is 19.8 Å². The van der Waals surface area contributed by atoms with E-state index in [1.807, 2.05) is 26.0 Å². The Morgan fingerprint density at radius 1 is 0.682 bits per heavy atom. The SMILES string of the molecule is Cc1ccc(-c2ccc(C)c(C)c2C(=O)O)c(C(=O)O)c1C. The normalized spacial score (nSPS) is 10.5. The van der Waals surface area contributed by atoms with E-state index in [0.717, 1.165) is 11.1 Å². The maximum Gasteiger partial charge on any atom is 0.336 e. The first-order chi connectivity index (χ1) is 10.3. The molecule has 0 bridgehead atoms. The first-order valence-electron chi connectivity index (χ1n) is 6.93. The molecule has 2 aromatic rings. The lowest BCUT2D eigenvalue weighted by Crippen LogP contribution is -2.09. The first kappa shape index (κ1) is 15.8. The van der Waals surface area contributed by atoms with Gasteiger partial charge in [0.1, 0.15) is 0 Å². The Balaban J connectivity index is 2.90. The molecule has 0 aliphatic heterocycles. The topological polar surface area (TPSA) is 74.6 Å². The molecule has 22 heavy (non-hydrogen) atoms. The lowest BCUT2D eigenvalue weighted by molar-refractivity contribution is 0.0683. The molecule has 2 N–H and O–H groups in total. The van der Waals surface area contributed by atoms with E-state index >= 15 is 0 Å². The molecule has 0 heterocycles. The third kappa shape index (κ3) is 2.48. The van der Waals surface area contributed by atoms with Gasteiger partial charge in [0.2, 0.25) is 0 Å². The Labute approximate surface area is 129 Å². The van der Waals surface area contributed by atoms with E-state index in [1.165, 1.54) is 0 Å². The second-order valence-corrected chi connectivity index (χ2v) is 5.47. The average Bonchev–Trinajstić information content (AvgIpc) is 2.43. The van der Waals surface area contributed by atoms with Crippen LogP contribution in [0.25, 0.3) is 11.1 Å². The number of benzene rings is 2. The zero-order valence-electron chi connectivity index (χ0n) is 13.0. The molecule has 2 aromatic carbocycles. The van der Waals surface area contributed by atoms with Crippen molar-refractivity contribution in [2.24, 2.45) is 0 Å². The Hall–Kier alpha value is -2.62. The van der Waals surface area contributed by atoms with Gasteiger partial charge in [0, 0.05) is 0 Å². The van der Waals surface area contributed by atoms with Crippen molar-refractivity contribution >= 4 is 11.9 Å². The third-order valence-electron chi connectivity index (χ3n) is 4.19. The maximum absolute atomic E-state index is 11.7. The first-order valence-corrected chi connectivity index (χ1v) is 6.93. The monoisotopic (exact) mass is 298 g/mol. The van der Waals surface area contributed by atoms with E-state index in [-0.39, 0.29) is 11.1 Å². The third-order valence-corrected chi connectivity index (χ3v) is 4.19. The van der Waals surface area contributed by atoms with E-state index in [4.69, 9.17) is 0 Å². The zero-order valence-corrected chi connectivity index (χ0v) is 13.0. The summed E-state index contributed by atoms with van der Waals surface area (Å²) >= 11 is 0. The van der Waals surface area contributed by atoms with Crippen molar-refractivity contribution in [3.63, 3.8) is 0 Å². The Bertz CT molecular complexity index is 721. The largest absolute Gasteiger partial charge is 0.478 e. The zero-order chi connectivity index (χ0) is 16.6. The highest BCUT2D eigenvalue weighted by atomic mass is 16.4. The van der Waals surface area contributed by atoms with Gasteiger partial charge in [-0.2, -0.15) is 0 Å². The molecule has 0 fully saturated rings. The van der Waals surface area contributed by atoms with Crippen LogP contribution in [0.2, 0.25) is 0 Å². The quantitative estimate of drug-likeness (QED) is 0.898. The summed E-state index contributed by atoms with van der Waals surface area (Å²) in [6.07, 6.45) is 0. The number of hydrogen-bond donors (Lipinski definition) is 2. The van der Waals surface area contributed by atoms with Crippen LogP contribution in [0, 0.1) is 27.7 Å². The molecule has 0 unspecified atom stereocenters. The van der Waals surface area contributed by atoms with E-state index in [1.54, 1.807) is 26.0 Å². The summed E-state index contributed by atoms with van der Waals surface area (Å²) in [6, 6.07) is 7.00. The van der Waals surface area contributed by atoms with E-state index in [9.17, 15) is 19.8 Å². The van der Waals surface area contributed by atoms with Gasteiger partial charge in [0.05, 0.1) is 11.1 Å². The van der Waals surface area contributed by atoms with Crippen LogP contribution in [0.1, 0.15) is 43.0 Å². The van der Waals surface area contributed by atoms with Gasteiger partial charge in [-0.1, -0.05) is 24.3 Å². The number of carboxylic acid groups (broad SMARTS) is 2. The summed E-state index contributed by atoms with van der Waals surface area (Å²) in [5.74, 6) is -2.10. The Morgan fingerprint density at radius 3 is 1.27 bits per heavy atom. The minimum atomic E-state index is -1.05. The van der Waals surface area contributed by atoms with Crippen molar-refractivity contribution in [3.05, 3.63) is 57.6 Å². The molecular formula is C18H18O4. The molecule has 4 heteroatoms. The number of aryl methyl sites for hydroxylation is 2. The molecule has 0 saturated carbocycles. The highest BCUT2D eigenvalue weighted by molar-refractivity contribution is 6.04. The molecule has 114 valence electrons. The summed E-state index contributed by atoms with van der Waals surface area (Å²) in [7, 11) is 0. The molecule has 0 radical (unpaired) electrons. The molecular weight excluding hydrogens is 280 g/mol. The summed E-state index contributed by atoms with van der Waals surface area (Å²) < 4.78 is 0. The van der Waals surface area contributed by atoms with Gasteiger partial charge in [0.25, 0.3) is 0 Å². The second kappa shape index (κ2) is 5.64. The smallest absolute Gasteiger partial charge is 0.336 e. The molecule has 0 aliphatic carbocycles. The summed E-state index contributed by atoms with van der Waals surface area (Å²) in [6.45, 7) is 7.15. The van der Waals surface area contributed by atoms with Crippen molar-refractivity contribution in [2.75, 3.05) is 0 Å². The van der Waals surface area contributed by atoms with Crippen molar-refractivity contribution in [2.45, 2.75) is 27.7 Å². The summed E-state index contributed by atoms with van der Waals surface area (Å²) in [5.41, 5.74) is 4.23. The van der Waals surface area contributed by atoms with Gasteiger partial charge < -0.3 is 10.2 Å².